The average molecular weight is 355 g/mol. The van der Waals surface area contributed by atoms with E-state index >= 15 is 0 Å². The fraction of sp³-hybridized carbons (Fsp3) is 0.176. The number of carboxylic acids is 1. The van der Waals surface area contributed by atoms with Crippen LogP contribution in [0.1, 0.15) is 0 Å². The van der Waals surface area contributed by atoms with Crippen molar-refractivity contribution in [3.63, 3.8) is 0 Å². The number of methoxy groups -OCH3 is 1. The molecule has 0 unspecified atom stereocenters. The molecule has 2 aromatic heterocycles. The molecule has 0 fully saturated rings. The average Bonchev–Trinajstić information content (AvgIpc) is 3.10. The molecule has 0 bridgehead atoms. The summed E-state index contributed by atoms with van der Waals surface area (Å²) < 4.78 is 6.46. The number of aliphatic hydroxyl groups is 1. The molecular formula is C17H17N5O4. The maximum absolute atomic E-state index is 10.7. The predicted octanol–water partition coefficient (Wildman–Crippen LogP) is 1.54. The molecule has 3 aromatic rings. The summed E-state index contributed by atoms with van der Waals surface area (Å²) in [6, 6.07) is 9.16. The summed E-state index contributed by atoms with van der Waals surface area (Å²) in [4.78, 5) is 19.1. The summed E-state index contributed by atoms with van der Waals surface area (Å²) in [5.41, 5.74) is 2.43. The van der Waals surface area contributed by atoms with Crippen LogP contribution < -0.4 is 10.1 Å². The Bertz CT molecular complexity index is 911. The minimum absolute atomic E-state index is 0.120. The van der Waals surface area contributed by atoms with Crippen LogP contribution in [0.3, 0.4) is 0 Å². The zero-order valence-electron chi connectivity index (χ0n) is 13.9. The van der Waals surface area contributed by atoms with Crippen molar-refractivity contribution < 1.29 is 19.7 Å². The van der Waals surface area contributed by atoms with Gasteiger partial charge in [0.05, 0.1) is 19.9 Å². The van der Waals surface area contributed by atoms with Gasteiger partial charge in [0.2, 0.25) is 11.8 Å². The number of aliphatic hydroxyl groups excluding tert-OH is 1. The van der Waals surface area contributed by atoms with Gasteiger partial charge in [-0.3, -0.25) is 4.68 Å². The van der Waals surface area contributed by atoms with Gasteiger partial charge in [0.25, 0.3) is 0 Å². The molecule has 0 aliphatic carbocycles. The van der Waals surface area contributed by atoms with Gasteiger partial charge in [-0.05, 0) is 17.7 Å². The Labute approximate surface area is 148 Å². The number of aromatic nitrogens is 4. The first-order valence-corrected chi connectivity index (χ1v) is 7.73. The van der Waals surface area contributed by atoms with Gasteiger partial charge >= 0.3 is 5.97 Å². The lowest BCUT2D eigenvalue weighted by atomic mass is 10.1. The number of ether oxygens (including phenoxy) is 1. The number of hydrogen-bond donors (Lipinski definition) is 3. The normalized spacial score (nSPS) is 11.8. The highest BCUT2D eigenvalue weighted by Crippen LogP contribution is 2.24. The second-order valence-electron chi connectivity index (χ2n) is 5.43. The fourth-order valence-electron chi connectivity index (χ4n) is 2.29. The molecule has 0 aliphatic rings. The van der Waals surface area contributed by atoms with E-state index in [4.69, 9.17) is 9.84 Å². The standard InChI is InChI=1S/C17H17N5O4/c1-26-15-5-6-18-17(21-15)20-13-4-2-3-11(7-13)12-8-19-22(9-12)10-14(23)16(24)25/h2-9,14,23H,10H2,1H3,(H,24,25)(H,18,20,21)/t14-/m0/s1. The maximum Gasteiger partial charge on any atom is 0.334 e. The molecule has 9 nitrogen and oxygen atoms in total. The molecule has 3 rings (SSSR count). The molecule has 0 aliphatic heterocycles. The lowest BCUT2D eigenvalue weighted by Crippen LogP contribution is -2.25. The maximum atomic E-state index is 10.7. The van der Waals surface area contributed by atoms with Gasteiger partial charge in [0.15, 0.2) is 6.10 Å². The smallest absolute Gasteiger partial charge is 0.334 e. The first-order valence-electron chi connectivity index (χ1n) is 7.73. The SMILES string of the molecule is COc1ccnc(Nc2cccc(-c3cnn(C[C@H](O)C(=O)O)c3)c2)n1. The van der Waals surface area contributed by atoms with Crippen molar-refractivity contribution in [2.24, 2.45) is 0 Å². The van der Waals surface area contributed by atoms with E-state index in [1.54, 1.807) is 24.7 Å². The fourth-order valence-corrected chi connectivity index (χ4v) is 2.29. The van der Waals surface area contributed by atoms with Gasteiger partial charge in [-0.2, -0.15) is 10.1 Å². The summed E-state index contributed by atoms with van der Waals surface area (Å²) in [5.74, 6) is -0.426. The van der Waals surface area contributed by atoms with E-state index in [0.29, 0.717) is 11.8 Å². The van der Waals surface area contributed by atoms with Crippen LogP contribution in [0.4, 0.5) is 11.6 Å². The summed E-state index contributed by atoms with van der Waals surface area (Å²) in [5, 5.41) is 25.4. The highest BCUT2D eigenvalue weighted by Gasteiger charge is 2.14. The zero-order chi connectivity index (χ0) is 18.5. The van der Waals surface area contributed by atoms with E-state index in [1.807, 2.05) is 24.3 Å². The summed E-state index contributed by atoms with van der Waals surface area (Å²) in [6.45, 7) is -0.120. The molecule has 0 amide bonds. The first kappa shape index (κ1) is 17.4. The molecule has 0 radical (unpaired) electrons. The van der Waals surface area contributed by atoms with Crippen LogP contribution in [0.25, 0.3) is 11.1 Å². The van der Waals surface area contributed by atoms with Crippen LogP contribution in [0.15, 0.2) is 48.9 Å². The Hall–Kier alpha value is -3.46. The quantitative estimate of drug-likeness (QED) is 0.583. The van der Waals surface area contributed by atoms with Crippen molar-refractivity contribution in [2.45, 2.75) is 12.6 Å². The van der Waals surface area contributed by atoms with Crippen molar-refractivity contribution >= 4 is 17.6 Å². The molecule has 1 aromatic carbocycles. The summed E-state index contributed by atoms with van der Waals surface area (Å²) >= 11 is 0. The van der Waals surface area contributed by atoms with Crippen LogP contribution in [0.2, 0.25) is 0 Å². The second kappa shape index (κ2) is 7.62. The number of carboxylic acid groups (broad SMARTS) is 1. The third-order valence-electron chi connectivity index (χ3n) is 3.57. The first-order chi connectivity index (χ1) is 12.5. The third-order valence-corrected chi connectivity index (χ3v) is 3.57. The van der Waals surface area contributed by atoms with Crippen LogP contribution in [-0.4, -0.2) is 49.1 Å². The minimum Gasteiger partial charge on any atom is -0.481 e. The number of hydrogen-bond acceptors (Lipinski definition) is 7. The summed E-state index contributed by atoms with van der Waals surface area (Å²) in [6.07, 6.45) is 3.37. The van der Waals surface area contributed by atoms with E-state index < -0.39 is 12.1 Å². The van der Waals surface area contributed by atoms with Gasteiger partial charge in [-0.15, -0.1) is 0 Å². The molecule has 0 spiro atoms. The molecular weight excluding hydrogens is 338 g/mol. The molecule has 134 valence electrons. The highest BCUT2D eigenvalue weighted by atomic mass is 16.5. The summed E-state index contributed by atoms with van der Waals surface area (Å²) in [7, 11) is 1.53. The van der Waals surface area contributed by atoms with Gasteiger partial charge in [0.1, 0.15) is 0 Å². The van der Waals surface area contributed by atoms with Crippen LogP contribution >= 0.6 is 0 Å². The van der Waals surface area contributed by atoms with Crippen molar-refractivity contribution in [3.05, 3.63) is 48.9 Å². The number of nitrogens with zero attached hydrogens (tertiary/aromatic N) is 4. The Morgan fingerprint density at radius 1 is 1.35 bits per heavy atom. The van der Waals surface area contributed by atoms with Crippen molar-refractivity contribution in [3.8, 4) is 17.0 Å². The highest BCUT2D eigenvalue weighted by molar-refractivity contribution is 5.72. The van der Waals surface area contributed by atoms with Gasteiger partial charge in [0, 0.05) is 29.7 Å². The van der Waals surface area contributed by atoms with Gasteiger partial charge < -0.3 is 20.3 Å². The third kappa shape index (κ3) is 4.14. The van der Waals surface area contributed by atoms with E-state index in [1.165, 1.54) is 11.8 Å². The number of carbonyl (C=O) groups is 1. The topological polar surface area (TPSA) is 122 Å². The van der Waals surface area contributed by atoms with Crippen molar-refractivity contribution in [1.29, 1.82) is 0 Å². The Morgan fingerprint density at radius 3 is 2.96 bits per heavy atom. The Morgan fingerprint density at radius 2 is 2.19 bits per heavy atom. The van der Waals surface area contributed by atoms with Crippen LogP contribution in [0, 0.1) is 0 Å². The minimum atomic E-state index is -1.50. The molecule has 3 N–H and O–H groups in total. The van der Waals surface area contributed by atoms with E-state index in [9.17, 15) is 9.90 Å². The monoisotopic (exact) mass is 355 g/mol. The molecule has 2 heterocycles. The predicted molar refractivity (Wildman–Crippen MR) is 93.2 cm³/mol. The van der Waals surface area contributed by atoms with Crippen LogP contribution in [0.5, 0.6) is 5.88 Å². The van der Waals surface area contributed by atoms with Crippen LogP contribution in [-0.2, 0) is 11.3 Å². The van der Waals surface area contributed by atoms with E-state index in [-0.39, 0.29) is 6.54 Å². The van der Waals surface area contributed by atoms with E-state index in [2.05, 4.69) is 20.4 Å². The Balaban J connectivity index is 1.77. The number of benzene rings is 1. The number of nitrogens with one attached hydrogen (secondary N) is 1. The zero-order valence-corrected chi connectivity index (χ0v) is 13.9. The lowest BCUT2D eigenvalue weighted by Gasteiger charge is -2.07. The van der Waals surface area contributed by atoms with Crippen molar-refractivity contribution in [2.75, 3.05) is 12.4 Å². The number of rotatable bonds is 7. The molecule has 1 atom stereocenters. The lowest BCUT2D eigenvalue weighted by molar-refractivity contribution is -0.147. The number of anilines is 2. The van der Waals surface area contributed by atoms with Crippen molar-refractivity contribution in [1.82, 2.24) is 19.7 Å². The molecule has 26 heavy (non-hydrogen) atoms. The molecule has 9 heteroatoms. The molecule has 0 saturated heterocycles. The Kier molecular flexibility index (Phi) is 5.09. The molecule has 0 saturated carbocycles. The van der Waals surface area contributed by atoms with Gasteiger partial charge in [-0.25, -0.2) is 9.78 Å². The largest absolute Gasteiger partial charge is 0.481 e. The second-order valence-corrected chi connectivity index (χ2v) is 5.43. The van der Waals surface area contributed by atoms with Gasteiger partial charge in [-0.1, -0.05) is 12.1 Å². The number of aliphatic carboxylic acids is 1. The van der Waals surface area contributed by atoms with E-state index in [0.717, 1.165) is 16.8 Å².